The van der Waals surface area contributed by atoms with E-state index in [9.17, 15) is 4.79 Å². The quantitative estimate of drug-likeness (QED) is 0.442. The van der Waals surface area contributed by atoms with Crippen LogP contribution in [-0.4, -0.2) is 57.3 Å². The van der Waals surface area contributed by atoms with Crippen LogP contribution in [0.2, 0.25) is 0 Å². The van der Waals surface area contributed by atoms with Crippen molar-refractivity contribution in [1.29, 1.82) is 0 Å². The van der Waals surface area contributed by atoms with Crippen molar-refractivity contribution in [1.82, 2.24) is 10.6 Å². The van der Waals surface area contributed by atoms with Crippen LogP contribution in [0.1, 0.15) is 19.8 Å². The van der Waals surface area contributed by atoms with Crippen molar-refractivity contribution in [3.05, 3.63) is 0 Å². The van der Waals surface area contributed by atoms with Gasteiger partial charge in [0, 0.05) is 13.2 Å². The molecule has 0 aliphatic carbocycles. The maximum atomic E-state index is 10.1. The zero-order valence-corrected chi connectivity index (χ0v) is 10.5. The summed E-state index contributed by atoms with van der Waals surface area (Å²) in [5.41, 5.74) is 0. The topological polar surface area (TPSA) is 79.8 Å². The average Bonchev–Trinajstić information content (AvgIpc) is 2.30. The van der Waals surface area contributed by atoms with E-state index in [0.29, 0.717) is 26.4 Å². The first kappa shape index (κ1) is 16.1. The third-order valence-corrected chi connectivity index (χ3v) is 1.96. The molecule has 102 valence electrons. The highest BCUT2D eigenvalue weighted by Gasteiger charge is 1.93. The van der Waals surface area contributed by atoms with E-state index in [-0.39, 0.29) is 0 Å². The van der Waals surface area contributed by atoms with Gasteiger partial charge in [0.25, 0.3) is 0 Å². The van der Waals surface area contributed by atoms with Crippen molar-refractivity contribution in [2.75, 3.05) is 46.1 Å². The van der Waals surface area contributed by atoms with Gasteiger partial charge in [0.1, 0.15) is 0 Å². The molecule has 6 nitrogen and oxygen atoms in total. The first-order valence-electron chi connectivity index (χ1n) is 6.10. The smallest absolute Gasteiger partial charge is 0.404 e. The van der Waals surface area contributed by atoms with Gasteiger partial charge in [0.05, 0.1) is 19.8 Å². The Morgan fingerprint density at radius 3 is 2.41 bits per heavy atom. The van der Waals surface area contributed by atoms with E-state index in [2.05, 4.69) is 17.6 Å². The number of hydrogen-bond donors (Lipinski definition) is 3. The van der Waals surface area contributed by atoms with Crippen LogP contribution in [0.15, 0.2) is 0 Å². The van der Waals surface area contributed by atoms with Gasteiger partial charge >= 0.3 is 6.09 Å². The van der Waals surface area contributed by atoms with Crippen LogP contribution in [0, 0.1) is 0 Å². The van der Waals surface area contributed by atoms with Gasteiger partial charge in [-0.05, 0) is 25.9 Å². The summed E-state index contributed by atoms with van der Waals surface area (Å²) in [5, 5.41) is 13.8. The summed E-state index contributed by atoms with van der Waals surface area (Å²) in [7, 11) is 0. The lowest BCUT2D eigenvalue weighted by molar-refractivity contribution is 0.0481. The van der Waals surface area contributed by atoms with E-state index >= 15 is 0 Å². The Balaban J connectivity index is 2.91. The van der Waals surface area contributed by atoms with E-state index in [1.54, 1.807) is 0 Å². The van der Waals surface area contributed by atoms with Crippen molar-refractivity contribution in [2.45, 2.75) is 19.8 Å². The lowest BCUT2D eigenvalue weighted by atomic mass is 10.4. The van der Waals surface area contributed by atoms with Crippen LogP contribution in [0.3, 0.4) is 0 Å². The Hall–Kier alpha value is -0.850. The maximum absolute atomic E-state index is 10.1. The molecule has 0 aromatic rings. The predicted molar refractivity (Wildman–Crippen MR) is 65.4 cm³/mol. The first-order chi connectivity index (χ1) is 8.27. The fraction of sp³-hybridized carbons (Fsp3) is 0.909. The third kappa shape index (κ3) is 15.1. The number of hydrogen-bond acceptors (Lipinski definition) is 4. The molecule has 0 aromatic heterocycles. The van der Waals surface area contributed by atoms with E-state index in [4.69, 9.17) is 14.6 Å². The second kappa shape index (κ2) is 13.2. The highest BCUT2D eigenvalue weighted by atomic mass is 16.5. The minimum Gasteiger partial charge on any atom is -0.465 e. The summed E-state index contributed by atoms with van der Waals surface area (Å²) in [5.74, 6) is 0. The van der Waals surface area contributed by atoms with Crippen LogP contribution in [-0.2, 0) is 9.47 Å². The molecular formula is C11H24N2O4. The minimum absolute atomic E-state index is 0.316. The van der Waals surface area contributed by atoms with Crippen molar-refractivity contribution in [2.24, 2.45) is 0 Å². The minimum atomic E-state index is -1.02. The molecule has 0 saturated carbocycles. The van der Waals surface area contributed by atoms with Gasteiger partial charge in [-0.15, -0.1) is 0 Å². The fourth-order valence-electron chi connectivity index (χ4n) is 1.15. The lowest BCUT2D eigenvalue weighted by Crippen LogP contribution is -2.25. The highest BCUT2D eigenvalue weighted by Crippen LogP contribution is 1.83. The second-order valence-corrected chi connectivity index (χ2v) is 3.56. The fourth-order valence-corrected chi connectivity index (χ4v) is 1.15. The normalized spacial score (nSPS) is 10.4. The van der Waals surface area contributed by atoms with Gasteiger partial charge < -0.3 is 25.2 Å². The Labute approximate surface area is 103 Å². The second-order valence-electron chi connectivity index (χ2n) is 3.56. The number of rotatable bonds is 12. The molecule has 0 saturated heterocycles. The van der Waals surface area contributed by atoms with Crippen molar-refractivity contribution >= 4 is 6.09 Å². The monoisotopic (exact) mass is 248 g/mol. The van der Waals surface area contributed by atoms with Gasteiger partial charge in [-0.25, -0.2) is 4.79 Å². The molecule has 0 radical (unpaired) electrons. The summed E-state index contributed by atoms with van der Waals surface area (Å²) in [4.78, 5) is 10.1. The van der Waals surface area contributed by atoms with Crippen molar-refractivity contribution in [3.8, 4) is 0 Å². The number of carboxylic acid groups (broad SMARTS) is 1. The summed E-state index contributed by atoms with van der Waals surface area (Å²) in [6, 6.07) is 0. The molecule has 0 rings (SSSR count). The van der Waals surface area contributed by atoms with Crippen LogP contribution < -0.4 is 10.6 Å². The van der Waals surface area contributed by atoms with Crippen LogP contribution >= 0.6 is 0 Å². The average molecular weight is 248 g/mol. The molecule has 0 unspecified atom stereocenters. The lowest BCUT2D eigenvalue weighted by Gasteiger charge is -2.06. The molecule has 0 spiro atoms. The molecule has 17 heavy (non-hydrogen) atoms. The van der Waals surface area contributed by atoms with Crippen molar-refractivity contribution in [3.63, 3.8) is 0 Å². The summed E-state index contributed by atoms with van der Waals surface area (Å²) in [6.07, 6.45) is 1.13. The molecule has 0 bridgehead atoms. The summed E-state index contributed by atoms with van der Waals surface area (Å²) >= 11 is 0. The zero-order valence-electron chi connectivity index (χ0n) is 10.5. The number of amides is 1. The van der Waals surface area contributed by atoms with Gasteiger partial charge in [0.15, 0.2) is 0 Å². The molecular weight excluding hydrogens is 224 g/mol. The number of ether oxygens (including phenoxy) is 2. The van der Waals surface area contributed by atoms with Gasteiger partial charge in [-0.3, -0.25) is 0 Å². The van der Waals surface area contributed by atoms with Gasteiger partial charge in [0.2, 0.25) is 0 Å². The highest BCUT2D eigenvalue weighted by molar-refractivity contribution is 5.64. The van der Waals surface area contributed by atoms with E-state index < -0.39 is 6.09 Å². The Bertz CT molecular complexity index is 179. The molecule has 0 atom stereocenters. The zero-order chi connectivity index (χ0) is 12.8. The summed E-state index contributed by atoms with van der Waals surface area (Å²) in [6.45, 7) is 6.67. The van der Waals surface area contributed by atoms with Crippen LogP contribution in [0.25, 0.3) is 0 Å². The maximum Gasteiger partial charge on any atom is 0.404 e. The first-order valence-corrected chi connectivity index (χ1v) is 6.10. The number of carbonyl (C=O) groups is 1. The van der Waals surface area contributed by atoms with E-state index in [1.807, 2.05) is 0 Å². The molecule has 1 amide bonds. The molecule has 0 aliphatic rings. The largest absolute Gasteiger partial charge is 0.465 e. The van der Waals surface area contributed by atoms with Crippen LogP contribution in [0.5, 0.6) is 0 Å². The Kier molecular flexibility index (Phi) is 12.6. The van der Waals surface area contributed by atoms with Gasteiger partial charge in [-0.2, -0.15) is 0 Å². The Morgan fingerprint density at radius 2 is 1.76 bits per heavy atom. The Morgan fingerprint density at radius 1 is 1.06 bits per heavy atom. The van der Waals surface area contributed by atoms with E-state index in [0.717, 1.165) is 32.5 Å². The molecule has 3 N–H and O–H groups in total. The number of nitrogens with one attached hydrogen (secondary N) is 2. The van der Waals surface area contributed by atoms with Gasteiger partial charge in [-0.1, -0.05) is 6.92 Å². The third-order valence-electron chi connectivity index (χ3n) is 1.96. The molecule has 0 heterocycles. The summed E-state index contributed by atoms with van der Waals surface area (Å²) < 4.78 is 10.5. The molecule has 0 aromatic carbocycles. The van der Waals surface area contributed by atoms with E-state index in [1.165, 1.54) is 0 Å². The molecule has 0 fully saturated rings. The standard InChI is InChI=1S/C11H24N2O4/c1-2-4-12-5-3-7-16-9-10-17-8-6-13-11(14)15/h12-13H,2-10H2,1H3,(H,14,15). The van der Waals surface area contributed by atoms with Crippen molar-refractivity contribution < 1.29 is 19.4 Å². The predicted octanol–water partition coefficient (Wildman–Crippen LogP) is 0.677. The molecule has 6 heteroatoms. The van der Waals surface area contributed by atoms with Crippen LogP contribution in [0.4, 0.5) is 4.79 Å². The SMILES string of the molecule is CCCNCCCOCCOCCNC(=O)O. The molecule has 0 aliphatic heterocycles.